The lowest BCUT2D eigenvalue weighted by molar-refractivity contribution is -0.142. The second-order valence-electron chi connectivity index (χ2n) is 3.99. The summed E-state index contributed by atoms with van der Waals surface area (Å²) in [7, 11) is 0. The fourth-order valence-corrected chi connectivity index (χ4v) is 1.65. The summed E-state index contributed by atoms with van der Waals surface area (Å²) in [6.45, 7) is 3.79. The van der Waals surface area contributed by atoms with Gasteiger partial charge in [-0.2, -0.15) is 0 Å². The summed E-state index contributed by atoms with van der Waals surface area (Å²) in [5.74, 6) is -0.833. The Labute approximate surface area is 117 Å². The molecule has 0 atom stereocenters. The summed E-state index contributed by atoms with van der Waals surface area (Å²) >= 11 is 0. The van der Waals surface area contributed by atoms with E-state index in [9.17, 15) is 14.7 Å². The molecule has 0 saturated heterocycles. The molecule has 110 valence electrons. The molecule has 1 rings (SSSR count). The van der Waals surface area contributed by atoms with Crippen molar-refractivity contribution in [3.8, 4) is 5.75 Å². The first kappa shape index (κ1) is 15.8. The molecule has 0 aromatic heterocycles. The molecule has 0 heterocycles. The molecule has 0 unspecified atom stereocenters. The Morgan fingerprint density at radius 3 is 2.10 bits per heavy atom. The Bertz CT molecular complexity index is 441. The lowest BCUT2D eigenvalue weighted by Crippen LogP contribution is -2.36. The lowest BCUT2D eigenvalue weighted by atomic mass is 10.2. The maximum Gasteiger partial charge on any atom is 0.325 e. The fraction of sp³-hybridized carbons (Fsp3) is 0.429. The first-order valence-corrected chi connectivity index (χ1v) is 6.42. The van der Waals surface area contributed by atoms with Gasteiger partial charge in [-0.05, 0) is 26.0 Å². The maximum absolute atomic E-state index is 11.6. The van der Waals surface area contributed by atoms with Crippen LogP contribution in [0.25, 0.3) is 0 Å². The van der Waals surface area contributed by atoms with Crippen molar-refractivity contribution in [3.05, 3.63) is 24.3 Å². The fourth-order valence-electron chi connectivity index (χ4n) is 1.65. The Morgan fingerprint density at radius 2 is 1.65 bits per heavy atom. The van der Waals surface area contributed by atoms with Gasteiger partial charge in [-0.3, -0.25) is 9.59 Å². The molecule has 1 N–H and O–H groups in total. The highest BCUT2D eigenvalue weighted by atomic mass is 16.5. The highest BCUT2D eigenvalue weighted by Crippen LogP contribution is 2.20. The van der Waals surface area contributed by atoms with E-state index in [-0.39, 0.29) is 32.1 Å². The number of esters is 2. The van der Waals surface area contributed by atoms with Gasteiger partial charge in [0.2, 0.25) is 0 Å². The first-order chi connectivity index (χ1) is 9.56. The molecule has 0 spiro atoms. The predicted molar refractivity (Wildman–Crippen MR) is 73.6 cm³/mol. The Balaban J connectivity index is 2.83. The van der Waals surface area contributed by atoms with Crippen LogP contribution in [0.2, 0.25) is 0 Å². The van der Waals surface area contributed by atoms with Crippen LogP contribution in [0.15, 0.2) is 24.3 Å². The molecule has 0 aliphatic carbocycles. The van der Waals surface area contributed by atoms with Crippen LogP contribution in [0, 0.1) is 0 Å². The average Bonchev–Trinajstić information content (AvgIpc) is 2.38. The Kier molecular flexibility index (Phi) is 6.36. The van der Waals surface area contributed by atoms with Crippen molar-refractivity contribution < 1.29 is 24.2 Å². The van der Waals surface area contributed by atoms with Gasteiger partial charge in [0.05, 0.1) is 13.2 Å². The number of ether oxygens (including phenoxy) is 2. The number of phenolic OH excluding ortho intramolecular Hbond substituents is 1. The molecule has 0 aliphatic heterocycles. The molecule has 0 aliphatic rings. The normalized spacial score (nSPS) is 9.90. The first-order valence-electron chi connectivity index (χ1n) is 6.42. The Morgan fingerprint density at radius 1 is 1.10 bits per heavy atom. The standard InChI is InChI=1S/C14H19NO5/c1-3-19-13(17)9-15(10-14(18)20-4-2)11-6-5-7-12(16)8-11/h5-8,16H,3-4,9-10H2,1-2H3. The number of carbonyl (C=O) groups excluding carboxylic acids is 2. The van der Waals surface area contributed by atoms with Crippen LogP contribution in [0.4, 0.5) is 5.69 Å². The molecule has 20 heavy (non-hydrogen) atoms. The third kappa shape index (κ3) is 5.17. The van der Waals surface area contributed by atoms with Crippen LogP contribution in [0.3, 0.4) is 0 Å². The van der Waals surface area contributed by atoms with Gasteiger partial charge in [0, 0.05) is 11.8 Å². The number of rotatable bonds is 7. The number of benzene rings is 1. The predicted octanol–water partition coefficient (Wildman–Crippen LogP) is 1.32. The minimum Gasteiger partial charge on any atom is -0.508 e. The van der Waals surface area contributed by atoms with Crippen molar-refractivity contribution in [2.75, 3.05) is 31.2 Å². The van der Waals surface area contributed by atoms with Gasteiger partial charge < -0.3 is 19.5 Å². The molecular formula is C14H19NO5. The highest BCUT2D eigenvalue weighted by Gasteiger charge is 2.17. The van der Waals surface area contributed by atoms with Gasteiger partial charge in [-0.15, -0.1) is 0 Å². The second kappa shape index (κ2) is 8.04. The van der Waals surface area contributed by atoms with E-state index in [1.165, 1.54) is 17.0 Å². The van der Waals surface area contributed by atoms with Crippen molar-refractivity contribution in [2.45, 2.75) is 13.8 Å². The summed E-state index contributed by atoms with van der Waals surface area (Å²) in [6.07, 6.45) is 0. The van der Waals surface area contributed by atoms with E-state index in [1.54, 1.807) is 26.0 Å². The molecule has 0 amide bonds. The van der Waals surface area contributed by atoms with Crippen molar-refractivity contribution >= 4 is 17.6 Å². The van der Waals surface area contributed by atoms with Crippen LogP contribution < -0.4 is 4.90 Å². The van der Waals surface area contributed by atoms with Gasteiger partial charge in [-0.1, -0.05) is 6.07 Å². The summed E-state index contributed by atoms with van der Waals surface area (Å²) in [5.41, 5.74) is 0.547. The molecule has 0 radical (unpaired) electrons. The molecule has 6 heteroatoms. The zero-order valence-electron chi connectivity index (χ0n) is 11.7. The summed E-state index contributed by atoms with van der Waals surface area (Å²) < 4.78 is 9.74. The summed E-state index contributed by atoms with van der Waals surface area (Å²) in [6, 6.07) is 6.31. The number of aromatic hydroxyl groups is 1. The minimum absolute atomic E-state index is 0.0558. The zero-order valence-corrected chi connectivity index (χ0v) is 11.7. The van der Waals surface area contributed by atoms with Crippen LogP contribution in [0.1, 0.15) is 13.8 Å². The number of hydrogen-bond donors (Lipinski definition) is 1. The van der Waals surface area contributed by atoms with E-state index in [0.29, 0.717) is 5.69 Å². The second-order valence-corrected chi connectivity index (χ2v) is 3.99. The number of phenols is 1. The van der Waals surface area contributed by atoms with Gasteiger partial charge in [0.1, 0.15) is 18.8 Å². The largest absolute Gasteiger partial charge is 0.508 e. The minimum atomic E-state index is -0.444. The van der Waals surface area contributed by atoms with Crippen molar-refractivity contribution in [2.24, 2.45) is 0 Å². The Hall–Kier alpha value is -2.24. The van der Waals surface area contributed by atoms with Gasteiger partial charge >= 0.3 is 11.9 Å². The number of anilines is 1. The van der Waals surface area contributed by atoms with Crippen LogP contribution in [-0.4, -0.2) is 43.3 Å². The van der Waals surface area contributed by atoms with Crippen molar-refractivity contribution in [1.29, 1.82) is 0 Å². The van der Waals surface area contributed by atoms with E-state index in [2.05, 4.69) is 0 Å². The van der Waals surface area contributed by atoms with E-state index >= 15 is 0 Å². The molecule has 1 aromatic rings. The van der Waals surface area contributed by atoms with Gasteiger partial charge in [0.15, 0.2) is 0 Å². The number of nitrogens with zero attached hydrogens (tertiary/aromatic N) is 1. The van der Waals surface area contributed by atoms with Gasteiger partial charge in [0.25, 0.3) is 0 Å². The molecule has 6 nitrogen and oxygen atoms in total. The maximum atomic E-state index is 11.6. The summed E-state index contributed by atoms with van der Waals surface area (Å²) in [5, 5.41) is 9.48. The van der Waals surface area contributed by atoms with Crippen LogP contribution in [0.5, 0.6) is 5.75 Å². The van der Waals surface area contributed by atoms with Crippen LogP contribution >= 0.6 is 0 Å². The molecule has 1 aromatic carbocycles. The third-order valence-corrected chi connectivity index (χ3v) is 2.45. The molecule has 0 fully saturated rings. The molecule has 0 bridgehead atoms. The summed E-state index contributed by atoms with van der Waals surface area (Å²) in [4.78, 5) is 24.6. The third-order valence-electron chi connectivity index (χ3n) is 2.45. The lowest BCUT2D eigenvalue weighted by Gasteiger charge is -2.22. The topological polar surface area (TPSA) is 76.1 Å². The highest BCUT2D eigenvalue weighted by molar-refractivity contribution is 5.81. The van der Waals surface area contributed by atoms with Crippen molar-refractivity contribution in [1.82, 2.24) is 0 Å². The SMILES string of the molecule is CCOC(=O)CN(CC(=O)OCC)c1cccc(O)c1. The molecule has 0 saturated carbocycles. The van der Waals surface area contributed by atoms with E-state index in [0.717, 1.165) is 0 Å². The smallest absolute Gasteiger partial charge is 0.325 e. The van der Waals surface area contributed by atoms with E-state index in [4.69, 9.17) is 9.47 Å². The number of carbonyl (C=O) groups is 2. The van der Waals surface area contributed by atoms with Crippen LogP contribution in [-0.2, 0) is 19.1 Å². The quantitative estimate of drug-likeness (QED) is 0.760. The van der Waals surface area contributed by atoms with Gasteiger partial charge in [-0.25, -0.2) is 0 Å². The van der Waals surface area contributed by atoms with Crippen molar-refractivity contribution in [3.63, 3.8) is 0 Å². The number of hydrogen-bond acceptors (Lipinski definition) is 6. The monoisotopic (exact) mass is 281 g/mol. The molecular weight excluding hydrogens is 262 g/mol. The van der Waals surface area contributed by atoms with E-state index in [1.807, 2.05) is 0 Å². The van der Waals surface area contributed by atoms with E-state index < -0.39 is 11.9 Å². The average molecular weight is 281 g/mol. The zero-order chi connectivity index (χ0) is 15.0.